The molecule has 0 aliphatic carbocycles. The molecule has 0 amide bonds. The molecule has 124 valence electrons. The number of hydrogen-bond acceptors (Lipinski definition) is 8. The topological polar surface area (TPSA) is 131 Å². The van der Waals surface area contributed by atoms with Crippen molar-refractivity contribution in [2.24, 2.45) is 0 Å². The van der Waals surface area contributed by atoms with Crippen molar-refractivity contribution in [1.82, 2.24) is 0 Å². The molecular weight excluding hydrogens is 320 g/mol. The fourth-order valence-electron chi connectivity index (χ4n) is 0.694. The fraction of sp³-hybridized carbons (Fsp3) is 1.00. The fourth-order valence-corrected chi connectivity index (χ4v) is 0.694. The number of hydrogen-bond donors (Lipinski definition) is 4. The summed E-state index contributed by atoms with van der Waals surface area (Å²) in [6, 6.07) is 0. The average Bonchev–Trinajstić information content (AvgIpc) is 3.33. The molecule has 0 aromatic rings. The normalized spacial score (nSPS) is 32.6. The van der Waals surface area contributed by atoms with Crippen molar-refractivity contribution in [2.45, 2.75) is 24.4 Å². The molecule has 4 aliphatic rings. The summed E-state index contributed by atoms with van der Waals surface area (Å²) in [4.78, 5) is 0. The minimum atomic E-state index is 0. The van der Waals surface area contributed by atoms with E-state index in [1.54, 1.807) is 0 Å². The van der Waals surface area contributed by atoms with Crippen LogP contribution in [0.1, 0.15) is 0 Å². The molecule has 0 radical (unpaired) electrons. The summed E-state index contributed by atoms with van der Waals surface area (Å²) in [7, 11) is 0. The molecule has 4 fully saturated rings. The Morgan fingerprint density at radius 2 is 0.667 bits per heavy atom. The van der Waals surface area contributed by atoms with Gasteiger partial charge >= 0.3 is 0 Å². The Morgan fingerprint density at radius 1 is 0.524 bits per heavy atom. The van der Waals surface area contributed by atoms with Crippen molar-refractivity contribution in [3.05, 3.63) is 0 Å². The molecule has 0 aromatic heterocycles. The van der Waals surface area contributed by atoms with Crippen LogP contribution in [0.25, 0.3) is 0 Å². The predicted molar refractivity (Wildman–Crippen MR) is 67.3 cm³/mol. The van der Waals surface area contributed by atoms with Crippen molar-refractivity contribution >= 4 is 0 Å². The smallest absolute Gasteiger partial charge is 0.104 e. The maximum atomic E-state index is 8.08. The number of ether oxygens (including phenoxy) is 4. The first-order valence-corrected chi connectivity index (χ1v) is 6.63. The Kier molecular flexibility index (Phi) is 13.1. The largest absolute Gasteiger partial charge is 0.394 e. The summed E-state index contributed by atoms with van der Waals surface area (Å²) in [6.45, 7) is 3.82. The maximum absolute atomic E-state index is 8.08. The third kappa shape index (κ3) is 16.6. The van der Waals surface area contributed by atoms with Gasteiger partial charge in [0.1, 0.15) is 24.4 Å². The number of aliphatic hydroxyl groups is 4. The Hall–Kier alpha value is 0.394. The van der Waals surface area contributed by atoms with Crippen LogP contribution in [-0.2, 0) is 40.7 Å². The van der Waals surface area contributed by atoms with Crippen LogP contribution in [0.5, 0.6) is 0 Å². The summed E-state index contributed by atoms with van der Waals surface area (Å²) in [5.74, 6) is 0. The van der Waals surface area contributed by atoms with Crippen molar-refractivity contribution in [3.63, 3.8) is 0 Å². The van der Waals surface area contributed by atoms with Gasteiger partial charge in [-0.05, 0) is 0 Å². The third-order valence-corrected chi connectivity index (χ3v) is 2.42. The Balaban J connectivity index is 0.000000250. The molecular formula is C12H24O8Ti. The predicted octanol–water partition coefficient (Wildman–Crippen LogP) is -2.49. The van der Waals surface area contributed by atoms with E-state index < -0.39 is 0 Å². The summed E-state index contributed by atoms with van der Waals surface area (Å²) < 4.78 is 18.4. The zero-order valence-electron chi connectivity index (χ0n) is 11.9. The quantitative estimate of drug-likeness (QED) is 0.325. The van der Waals surface area contributed by atoms with Crippen LogP contribution in [0, 0.1) is 0 Å². The van der Waals surface area contributed by atoms with Gasteiger partial charge in [0.05, 0.1) is 52.9 Å². The molecule has 4 N–H and O–H groups in total. The standard InChI is InChI=1S/4C3H6O2.Ti/c4*4-1-3-2-5-3;/h4*3-4H,1-2H2;. The first-order chi connectivity index (χ1) is 9.73. The van der Waals surface area contributed by atoms with Crippen LogP contribution < -0.4 is 0 Å². The van der Waals surface area contributed by atoms with Crippen LogP contribution in [0.3, 0.4) is 0 Å². The second kappa shape index (κ2) is 12.9. The molecule has 0 spiro atoms. The molecule has 0 saturated carbocycles. The molecule has 4 unspecified atom stereocenters. The van der Waals surface area contributed by atoms with E-state index in [4.69, 9.17) is 20.4 Å². The van der Waals surface area contributed by atoms with E-state index in [1.807, 2.05) is 0 Å². The van der Waals surface area contributed by atoms with Gasteiger partial charge in [0, 0.05) is 21.7 Å². The molecule has 0 aromatic carbocycles. The van der Waals surface area contributed by atoms with E-state index in [9.17, 15) is 0 Å². The molecule has 8 nitrogen and oxygen atoms in total. The molecule has 4 heterocycles. The average molecular weight is 344 g/mol. The van der Waals surface area contributed by atoms with Gasteiger partial charge in [-0.2, -0.15) is 0 Å². The Bertz CT molecular complexity index is 181. The Labute approximate surface area is 138 Å². The summed E-state index contributed by atoms with van der Waals surface area (Å²) in [5, 5.41) is 32.3. The Morgan fingerprint density at radius 3 is 0.667 bits per heavy atom. The van der Waals surface area contributed by atoms with Crippen molar-refractivity contribution in [1.29, 1.82) is 0 Å². The van der Waals surface area contributed by atoms with Gasteiger partial charge in [-0.15, -0.1) is 0 Å². The van der Waals surface area contributed by atoms with Crippen molar-refractivity contribution < 1.29 is 61.1 Å². The number of rotatable bonds is 4. The first-order valence-electron chi connectivity index (χ1n) is 6.63. The third-order valence-electron chi connectivity index (χ3n) is 2.42. The van der Waals surface area contributed by atoms with Crippen LogP contribution in [0.15, 0.2) is 0 Å². The number of epoxide rings is 4. The second-order valence-electron chi connectivity index (χ2n) is 4.55. The van der Waals surface area contributed by atoms with E-state index in [0.717, 1.165) is 26.4 Å². The van der Waals surface area contributed by atoms with E-state index in [0.29, 0.717) is 0 Å². The number of aliphatic hydroxyl groups excluding tert-OH is 4. The van der Waals surface area contributed by atoms with Gasteiger partial charge in [-0.25, -0.2) is 0 Å². The van der Waals surface area contributed by atoms with Gasteiger partial charge in [0.15, 0.2) is 0 Å². The zero-order chi connectivity index (χ0) is 14.8. The summed E-state index contributed by atoms with van der Waals surface area (Å²) in [6.07, 6.45) is 0.759. The minimum Gasteiger partial charge on any atom is -0.394 e. The molecule has 0 bridgehead atoms. The van der Waals surface area contributed by atoms with E-state index in [1.165, 1.54) is 0 Å². The van der Waals surface area contributed by atoms with Crippen molar-refractivity contribution in [3.8, 4) is 0 Å². The van der Waals surface area contributed by atoms with Gasteiger partial charge in [0.25, 0.3) is 0 Å². The van der Waals surface area contributed by atoms with E-state index in [-0.39, 0.29) is 72.6 Å². The monoisotopic (exact) mass is 344 g/mol. The van der Waals surface area contributed by atoms with Gasteiger partial charge < -0.3 is 39.4 Å². The SMILES string of the molecule is OCC1CO1.OCC1CO1.OCC1CO1.OCC1CO1.[Ti]. The van der Waals surface area contributed by atoms with Crippen LogP contribution >= 0.6 is 0 Å². The summed E-state index contributed by atoms with van der Waals surface area (Å²) in [5.41, 5.74) is 0. The second-order valence-corrected chi connectivity index (χ2v) is 4.55. The molecule has 4 aliphatic heterocycles. The van der Waals surface area contributed by atoms with Crippen LogP contribution in [0.4, 0.5) is 0 Å². The molecule has 4 atom stereocenters. The van der Waals surface area contributed by atoms with Crippen molar-refractivity contribution in [2.75, 3.05) is 52.9 Å². The zero-order valence-corrected chi connectivity index (χ0v) is 13.4. The van der Waals surface area contributed by atoms with E-state index >= 15 is 0 Å². The van der Waals surface area contributed by atoms with Crippen LogP contribution in [-0.4, -0.2) is 97.7 Å². The molecule has 21 heavy (non-hydrogen) atoms. The van der Waals surface area contributed by atoms with E-state index in [2.05, 4.69) is 18.9 Å². The van der Waals surface area contributed by atoms with Crippen LogP contribution in [0.2, 0.25) is 0 Å². The maximum Gasteiger partial charge on any atom is 0.104 e. The minimum absolute atomic E-state index is 0. The van der Waals surface area contributed by atoms with Gasteiger partial charge in [0.2, 0.25) is 0 Å². The molecule has 9 heteroatoms. The van der Waals surface area contributed by atoms with Gasteiger partial charge in [-0.3, -0.25) is 0 Å². The summed E-state index contributed by atoms with van der Waals surface area (Å²) >= 11 is 0. The molecule has 4 saturated heterocycles. The van der Waals surface area contributed by atoms with Gasteiger partial charge in [-0.1, -0.05) is 0 Å². The first kappa shape index (κ1) is 21.4. The molecule has 4 rings (SSSR count).